The second-order valence-electron chi connectivity index (χ2n) is 4.98. The van der Waals surface area contributed by atoms with Crippen molar-refractivity contribution >= 4 is 28.8 Å². The van der Waals surface area contributed by atoms with E-state index >= 15 is 0 Å². The number of urea groups is 1. The van der Waals surface area contributed by atoms with Crippen LogP contribution in [0.25, 0.3) is 16.8 Å². The third-order valence-corrected chi connectivity index (χ3v) is 3.60. The Morgan fingerprint density at radius 3 is 2.64 bits per heavy atom. The second kappa shape index (κ2) is 5.52. The third-order valence-electron chi connectivity index (χ3n) is 3.60. The fourth-order valence-electron chi connectivity index (χ4n) is 2.47. The highest BCUT2D eigenvalue weighted by molar-refractivity contribution is 6.14. The molecular weight excluding hydrogens is 280 g/mol. The molecule has 3 amide bonds. The maximum absolute atomic E-state index is 12.1. The number of nitrogens with one attached hydrogen (secondary N) is 1. The fraction of sp³-hybridized carbons (Fsp3) is 0.176. The lowest BCUT2D eigenvalue weighted by Crippen LogP contribution is -2.25. The molecule has 0 bridgehead atoms. The topological polar surface area (TPSA) is 58.6 Å². The molecule has 0 saturated carbocycles. The number of fused-ring (bicyclic) bond motifs is 1. The van der Waals surface area contributed by atoms with Gasteiger partial charge in [0.2, 0.25) is 0 Å². The Kier molecular flexibility index (Phi) is 3.55. The minimum Gasteiger partial charge on any atom is -0.493 e. The zero-order valence-corrected chi connectivity index (χ0v) is 12.4. The molecule has 0 aromatic heterocycles. The highest BCUT2D eigenvalue weighted by atomic mass is 16.5. The molecule has 1 saturated heterocycles. The van der Waals surface area contributed by atoms with Crippen LogP contribution in [-0.4, -0.2) is 30.5 Å². The van der Waals surface area contributed by atoms with E-state index in [4.69, 9.17) is 4.74 Å². The van der Waals surface area contributed by atoms with E-state index in [1.54, 1.807) is 6.08 Å². The van der Waals surface area contributed by atoms with Gasteiger partial charge in [-0.15, -0.1) is 0 Å². The van der Waals surface area contributed by atoms with Gasteiger partial charge < -0.3 is 10.1 Å². The first kappa shape index (κ1) is 14.1. The normalized spacial score (nSPS) is 16.5. The van der Waals surface area contributed by atoms with Crippen molar-refractivity contribution in [1.29, 1.82) is 0 Å². The molecule has 1 aliphatic heterocycles. The minimum absolute atomic E-state index is 0.254. The summed E-state index contributed by atoms with van der Waals surface area (Å²) in [7, 11) is 1.45. The van der Waals surface area contributed by atoms with Gasteiger partial charge in [0.15, 0.2) is 0 Å². The maximum Gasteiger partial charge on any atom is 0.328 e. The van der Waals surface area contributed by atoms with Crippen molar-refractivity contribution in [3.05, 3.63) is 47.7 Å². The summed E-state index contributed by atoms with van der Waals surface area (Å²) in [4.78, 5) is 24.7. The molecule has 3 rings (SSSR count). The first-order valence-corrected chi connectivity index (χ1v) is 7.07. The van der Waals surface area contributed by atoms with E-state index in [-0.39, 0.29) is 11.6 Å². The Labute approximate surface area is 128 Å². The number of benzene rings is 2. The van der Waals surface area contributed by atoms with Crippen LogP contribution in [0.5, 0.6) is 5.75 Å². The van der Waals surface area contributed by atoms with Gasteiger partial charge in [0.25, 0.3) is 5.91 Å². The van der Waals surface area contributed by atoms with E-state index in [9.17, 15) is 9.59 Å². The van der Waals surface area contributed by atoms with Crippen molar-refractivity contribution in [1.82, 2.24) is 10.2 Å². The van der Waals surface area contributed by atoms with Crippen LogP contribution < -0.4 is 10.1 Å². The van der Waals surface area contributed by atoms with Crippen molar-refractivity contribution in [3.8, 4) is 5.75 Å². The highest BCUT2D eigenvalue weighted by Gasteiger charge is 2.30. The molecule has 2 aromatic rings. The summed E-state index contributed by atoms with van der Waals surface area (Å²) in [6, 6.07) is 11.3. The summed E-state index contributed by atoms with van der Waals surface area (Å²) in [5.74, 6) is 0.339. The lowest BCUT2D eigenvalue weighted by atomic mass is 10.0. The molecular formula is C17H16N2O3. The smallest absolute Gasteiger partial charge is 0.328 e. The van der Waals surface area contributed by atoms with Crippen LogP contribution in [0.4, 0.5) is 4.79 Å². The minimum atomic E-state index is -0.422. The van der Waals surface area contributed by atoms with E-state index in [0.717, 1.165) is 21.2 Å². The van der Waals surface area contributed by atoms with Crippen LogP contribution in [0.3, 0.4) is 0 Å². The lowest BCUT2D eigenvalue weighted by Gasteiger charge is -2.11. The standard InChI is InChI=1S/C17H16N2O3/c1-3-22-15-9-8-11-6-4-5-7-12(11)13(15)10-14-16(20)19(2)17(21)18-14/h4-10H,3H2,1-2H3,(H,18,21)/b14-10+. The van der Waals surface area contributed by atoms with Gasteiger partial charge in [0.05, 0.1) is 6.61 Å². The average molecular weight is 296 g/mol. The van der Waals surface area contributed by atoms with Gasteiger partial charge >= 0.3 is 6.03 Å². The first-order valence-electron chi connectivity index (χ1n) is 7.07. The van der Waals surface area contributed by atoms with Gasteiger partial charge in [-0.05, 0) is 29.8 Å². The Hall–Kier alpha value is -2.82. The largest absolute Gasteiger partial charge is 0.493 e. The molecule has 112 valence electrons. The zero-order chi connectivity index (χ0) is 15.7. The van der Waals surface area contributed by atoms with Gasteiger partial charge in [-0.1, -0.05) is 30.3 Å². The van der Waals surface area contributed by atoms with E-state index < -0.39 is 6.03 Å². The van der Waals surface area contributed by atoms with Crippen molar-refractivity contribution < 1.29 is 14.3 Å². The first-order chi connectivity index (χ1) is 10.6. The van der Waals surface area contributed by atoms with Crippen molar-refractivity contribution in [2.75, 3.05) is 13.7 Å². The quantitative estimate of drug-likeness (QED) is 0.700. The van der Waals surface area contributed by atoms with Crippen molar-refractivity contribution in [2.24, 2.45) is 0 Å². The van der Waals surface area contributed by atoms with Crippen LogP contribution in [-0.2, 0) is 4.79 Å². The van der Waals surface area contributed by atoms with Gasteiger partial charge in [0.1, 0.15) is 11.4 Å². The van der Waals surface area contributed by atoms with Gasteiger partial charge in [-0.3, -0.25) is 9.69 Å². The van der Waals surface area contributed by atoms with E-state index in [1.165, 1.54) is 7.05 Å². The molecule has 0 unspecified atom stereocenters. The molecule has 5 heteroatoms. The highest BCUT2D eigenvalue weighted by Crippen LogP contribution is 2.30. The molecule has 1 heterocycles. The summed E-state index contributed by atoms with van der Waals surface area (Å²) in [5.41, 5.74) is 1.05. The fourth-order valence-corrected chi connectivity index (χ4v) is 2.47. The summed E-state index contributed by atoms with van der Waals surface area (Å²) in [6.45, 7) is 2.43. The Morgan fingerprint density at radius 2 is 1.95 bits per heavy atom. The second-order valence-corrected chi connectivity index (χ2v) is 4.98. The average Bonchev–Trinajstić information content (AvgIpc) is 2.77. The number of carbonyl (C=O) groups is 2. The predicted octanol–water partition coefficient (Wildman–Crippen LogP) is 2.76. The number of likely N-dealkylation sites (N-methyl/N-ethyl adjacent to an activating group) is 1. The molecule has 5 nitrogen and oxygen atoms in total. The summed E-state index contributed by atoms with van der Waals surface area (Å²) in [5, 5.41) is 4.59. The summed E-state index contributed by atoms with van der Waals surface area (Å²) in [6.07, 6.45) is 1.68. The van der Waals surface area contributed by atoms with Gasteiger partial charge in [-0.25, -0.2) is 4.79 Å². The van der Waals surface area contributed by atoms with Gasteiger partial charge in [0, 0.05) is 12.6 Å². The number of nitrogens with zero attached hydrogens (tertiary/aromatic N) is 1. The number of amides is 3. The SMILES string of the molecule is CCOc1ccc2ccccc2c1/C=C1/NC(=O)N(C)C1=O. The third kappa shape index (κ3) is 2.30. The lowest BCUT2D eigenvalue weighted by molar-refractivity contribution is -0.121. The summed E-state index contributed by atoms with van der Waals surface area (Å²) < 4.78 is 5.66. The van der Waals surface area contributed by atoms with Crippen molar-refractivity contribution in [2.45, 2.75) is 6.92 Å². The number of carbonyl (C=O) groups excluding carboxylic acids is 2. The molecule has 0 spiro atoms. The van der Waals surface area contributed by atoms with Crippen LogP contribution in [0.2, 0.25) is 0 Å². The van der Waals surface area contributed by atoms with Gasteiger partial charge in [-0.2, -0.15) is 0 Å². The van der Waals surface area contributed by atoms with Crippen molar-refractivity contribution in [3.63, 3.8) is 0 Å². The Morgan fingerprint density at radius 1 is 1.18 bits per heavy atom. The van der Waals surface area contributed by atoms with Crippen LogP contribution in [0.1, 0.15) is 12.5 Å². The number of rotatable bonds is 3. The molecule has 1 N–H and O–H groups in total. The number of ether oxygens (including phenoxy) is 1. The van der Waals surface area contributed by atoms with E-state index in [1.807, 2.05) is 43.3 Å². The number of hydrogen-bond acceptors (Lipinski definition) is 3. The molecule has 0 atom stereocenters. The van der Waals surface area contributed by atoms with E-state index in [2.05, 4.69) is 5.32 Å². The zero-order valence-electron chi connectivity index (χ0n) is 12.4. The number of imide groups is 1. The number of hydrogen-bond donors (Lipinski definition) is 1. The molecule has 2 aromatic carbocycles. The molecule has 0 aliphatic carbocycles. The Balaban J connectivity index is 2.18. The molecule has 0 radical (unpaired) electrons. The molecule has 1 aliphatic rings. The van der Waals surface area contributed by atoms with Crippen LogP contribution in [0, 0.1) is 0 Å². The van der Waals surface area contributed by atoms with E-state index in [0.29, 0.717) is 12.4 Å². The molecule has 22 heavy (non-hydrogen) atoms. The maximum atomic E-state index is 12.1. The summed E-state index contributed by atoms with van der Waals surface area (Å²) >= 11 is 0. The molecule has 1 fully saturated rings. The monoisotopic (exact) mass is 296 g/mol. The van der Waals surface area contributed by atoms with Crippen LogP contribution >= 0.6 is 0 Å². The Bertz CT molecular complexity index is 796. The predicted molar refractivity (Wildman–Crippen MR) is 84.4 cm³/mol. The van der Waals surface area contributed by atoms with Crippen LogP contribution in [0.15, 0.2) is 42.1 Å².